The van der Waals surface area contributed by atoms with Crippen molar-refractivity contribution < 1.29 is 17.3 Å². The van der Waals surface area contributed by atoms with Crippen LogP contribution in [0.2, 0.25) is 0 Å². The van der Waals surface area contributed by atoms with Gasteiger partial charge in [-0.2, -0.15) is 8.42 Å². The summed E-state index contributed by atoms with van der Waals surface area (Å²) < 4.78 is 34.0. The summed E-state index contributed by atoms with van der Waals surface area (Å²) >= 11 is 0. The largest absolute Gasteiger partial charge is 0.460 e. The van der Waals surface area contributed by atoms with Gasteiger partial charge in [-0.05, 0) is 37.6 Å². The van der Waals surface area contributed by atoms with Crippen LogP contribution < -0.4 is 0 Å². The monoisotopic (exact) mass is 266 g/mol. The number of hydrogen-bond donors (Lipinski definition) is 0. The van der Waals surface area contributed by atoms with Crippen LogP contribution in [0.4, 0.5) is 0 Å². The van der Waals surface area contributed by atoms with E-state index in [0.29, 0.717) is 5.76 Å². The summed E-state index contributed by atoms with van der Waals surface area (Å²) in [6.07, 6.45) is 0.650. The van der Waals surface area contributed by atoms with Crippen molar-refractivity contribution in [1.29, 1.82) is 0 Å². The zero-order valence-corrected chi connectivity index (χ0v) is 11.0. The zero-order chi connectivity index (χ0) is 13.3. The maximum Gasteiger partial charge on any atom is 0.300 e. The van der Waals surface area contributed by atoms with Gasteiger partial charge in [0.25, 0.3) is 0 Å². The van der Waals surface area contributed by atoms with Crippen molar-refractivity contribution in [2.24, 2.45) is 0 Å². The van der Waals surface area contributed by atoms with E-state index in [9.17, 15) is 8.42 Å². The lowest BCUT2D eigenvalue weighted by molar-refractivity contribution is 0.0161. The molecule has 0 aromatic heterocycles. The van der Waals surface area contributed by atoms with Crippen LogP contribution in [-0.2, 0) is 19.0 Å². The van der Waals surface area contributed by atoms with Crippen LogP contribution >= 0.6 is 0 Å². The molecule has 1 aliphatic heterocycles. The molecule has 1 atom stereocenters. The van der Waals surface area contributed by atoms with Crippen molar-refractivity contribution >= 4 is 10.1 Å². The van der Waals surface area contributed by atoms with Gasteiger partial charge in [0.2, 0.25) is 6.29 Å². The standard InChI is InChI=1S/C13H14O4S/c1-9-4-6-12(7-5-9)18(14,15)17-13-8-10(2)11(3)16-13/h4-8,13H,3H2,1-2H3. The fraction of sp³-hybridized carbons (Fsp3) is 0.231. The van der Waals surface area contributed by atoms with E-state index in [1.807, 2.05) is 6.92 Å². The third kappa shape index (κ3) is 2.63. The van der Waals surface area contributed by atoms with Gasteiger partial charge in [-0.1, -0.05) is 24.3 Å². The Balaban J connectivity index is 2.18. The van der Waals surface area contributed by atoms with Crippen LogP contribution in [0.1, 0.15) is 12.5 Å². The van der Waals surface area contributed by atoms with Gasteiger partial charge in [-0.15, -0.1) is 0 Å². The molecule has 1 unspecified atom stereocenters. The van der Waals surface area contributed by atoms with Gasteiger partial charge in [-0.25, -0.2) is 4.18 Å². The molecule has 1 aromatic carbocycles. The summed E-state index contributed by atoms with van der Waals surface area (Å²) in [5.41, 5.74) is 1.76. The Bertz CT molecular complexity index is 596. The number of ether oxygens (including phenoxy) is 1. The second-order valence-corrected chi connectivity index (χ2v) is 5.69. The molecule has 0 saturated heterocycles. The minimum absolute atomic E-state index is 0.111. The second kappa shape index (κ2) is 4.59. The number of hydrogen-bond acceptors (Lipinski definition) is 4. The van der Waals surface area contributed by atoms with E-state index in [4.69, 9.17) is 8.92 Å². The van der Waals surface area contributed by atoms with Gasteiger partial charge >= 0.3 is 10.1 Å². The molecule has 0 fully saturated rings. The predicted molar refractivity (Wildman–Crippen MR) is 67.2 cm³/mol. The Morgan fingerprint density at radius 1 is 1.22 bits per heavy atom. The van der Waals surface area contributed by atoms with Gasteiger partial charge in [0.05, 0.1) is 4.90 Å². The fourth-order valence-electron chi connectivity index (χ4n) is 1.50. The highest BCUT2D eigenvalue weighted by Crippen LogP contribution is 2.25. The molecular formula is C13H14O4S. The molecule has 0 saturated carbocycles. The van der Waals surface area contributed by atoms with Gasteiger partial charge < -0.3 is 4.74 Å². The van der Waals surface area contributed by atoms with E-state index < -0.39 is 16.4 Å². The van der Waals surface area contributed by atoms with Crippen LogP contribution in [0.3, 0.4) is 0 Å². The summed E-state index contributed by atoms with van der Waals surface area (Å²) in [5, 5.41) is 0. The van der Waals surface area contributed by atoms with Crippen molar-refractivity contribution in [1.82, 2.24) is 0 Å². The van der Waals surface area contributed by atoms with Gasteiger partial charge in [0.15, 0.2) is 0 Å². The highest BCUT2D eigenvalue weighted by molar-refractivity contribution is 7.86. The maximum absolute atomic E-state index is 12.0. The Kier molecular flexibility index (Phi) is 3.28. The molecule has 0 bridgehead atoms. The molecule has 4 nitrogen and oxygen atoms in total. The van der Waals surface area contributed by atoms with E-state index in [1.165, 1.54) is 12.1 Å². The smallest absolute Gasteiger partial charge is 0.300 e. The molecule has 1 heterocycles. The number of rotatable bonds is 3. The molecule has 5 heteroatoms. The zero-order valence-electron chi connectivity index (χ0n) is 10.2. The summed E-state index contributed by atoms with van der Waals surface area (Å²) in [6.45, 7) is 7.30. The molecule has 0 spiro atoms. The molecular weight excluding hydrogens is 252 g/mol. The lowest BCUT2D eigenvalue weighted by Gasteiger charge is -2.11. The predicted octanol–water partition coefficient (Wildman–Crippen LogP) is 2.52. The quantitative estimate of drug-likeness (QED) is 0.789. The maximum atomic E-state index is 12.0. The summed E-state index contributed by atoms with van der Waals surface area (Å²) in [6, 6.07) is 6.44. The van der Waals surface area contributed by atoms with Crippen molar-refractivity contribution in [3.63, 3.8) is 0 Å². The van der Waals surface area contributed by atoms with E-state index in [0.717, 1.165) is 11.1 Å². The SMILES string of the molecule is C=C1OC(OS(=O)(=O)c2ccc(C)cc2)C=C1C. The third-order valence-electron chi connectivity index (χ3n) is 2.62. The summed E-state index contributed by atoms with van der Waals surface area (Å²) in [7, 11) is -3.82. The molecule has 18 heavy (non-hydrogen) atoms. The minimum atomic E-state index is -3.82. The first-order valence-electron chi connectivity index (χ1n) is 5.43. The normalized spacial score (nSPS) is 19.6. The second-order valence-electron chi connectivity index (χ2n) is 4.12. The highest BCUT2D eigenvalue weighted by atomic mass is 32.2. The average Bonchev–Trinajstić information content (AvgIpc) is 2.57. The van der Waals surface area contributed by atoms with Crippen molar-refractivity contribution in [2.75, 3.05) is 0 Å². The van der Waals surface area contributed by atoms with Gasteiger partial charge in [0, 0.05) is 0 Å². The van der Waals surface area contributed by atoms with Crippen LogP contribution in [0.5, 0.6) is 0 Å². The van der Waals surface area contributed by atoms with Crippen LogP contribution in [0, 0.1) is 6.92 Å². The third-order valence-corrected chi connectivity index (χ3v) is 3.91. The van der Waals surface area contributed by atoms with Crippen LogP contribution in [-0.4, -0.2) is 14.7 Å². The first kappa shape index (κ1) is 12.9. The average molecular weight is 266 g/mol. The van der Waals surface area contributed by atoms with E-state index >= 15 is 0 Å². The Morgan fingerprint density at radius 2 is 1.83 bits per heavy atom. The molecule has 0 N–H and O–H groups in total. The molecule has 1 aliphatic rings. The summed E-state index contributed by atoms with van der Waals surface area (Å²) in [4.78, 5) is 0.111. The van der Waals surface area contributed by atoms with Crippen LogP contribution in [0.25, 0.3) is 0 Å². The molecule has 1 aromatic rings. The molecule has 0 aliphatic carbocycles. The van der Waals surface area contributed by atoms with Crippen molar-refractivity contribution in [3.8, 4) is 0 Å². The van der Waals surface area contributed by atoms with Gasteiger partial charge in [-0.3, -0.25) is 0 Å². The Labute approximate surface area is 107 Å². The lowest BCUT2D eigenvalue weighted by atomic mass is 10.2. The van der Waals surface area contributed by atoms with Gasteiger partial charge in [0.1, 0.15) is 5.76 Å². The van der Waals surface area contributed by atoms with Crippen molar-refractivity contribution in [2.45, 2.75) is 25.0 Å². The Hall–Kier alpha value is -1.59. The van der Waals surface area contributed by atoms with E-state index in [2.05, 4.69) is 6.58 Å². The first-order valence-corrected chi connectivity index (χ1v) is 6.83. The number of allylic oxidation sites excluding steroid dienone is 1. The van der Waals surface area contributed by atoms with E-state index in [-0.39, 0.29) is 4.90 Å². The topological polar surface area (TPSA) is 52.6 Å². The van der Waals surface area contributed by atoms with E-state index in [1.54, 1.807) is 25.1 Å². The van der Waals surface area contributed by atoms with Crippen LogP contribution in [0.15, 0.2) is 53.1 Å². The lowest BCUT2D eigenvalue weighted by Crippen LogP contribution is -2.16. The molecule has 0 radical (unpaired) electrons. The Morgan fingerprint density at radius 3 is 2.33 bits per heavy atom. The number of benzene rings is 1. The molecule has 2 rings (SSSR count). The van der Waals surface area contributed by atoms with Crippen molar-refractivity contribution in [3.05, 3.63) is 53.8 Å². The minimum Gasteiger partial charge on any atom is -0.460 e. The summed E-state index contributed by atoms with van der Waals surface area (Å²) in [5.74, 6) is 0.430. The number of aryl methyl sites for hydroxylation is 1. The molecule has 96 valence electrons. The fourth-order valence-corrected chi connectivity index (χ4v) is 2.42. The highest BCUT2D eigenvalue weighted by Gasteiger charge is 2.26. The molecule has 0 amide bonds. The first-order chi connectivity index (χ1) is 8.38.